The van der Waals surface area contributed by atoms with E-state index in [-0.39, 0.29) is 5.91 Å². The average molecular weight is 449 g/mol. The van der Waals surface area contributed by atoms with Crippen LogP contribution < -0.4 is 11.1 Å². The smallest absolute Gasteiger partial charge is 0.256 e. The minimum absolute atomic E-state index is 0.220. The second-order valence-electron chi connectivity index (χ2n) is 3.79. The molecule has 0 spiro atoms. The molecule has 0 atom stereocenters. The summed E-state index contributed by atoms with van der Waals surface area (Å²) in [6.07, 6.45) is 0. The molecule has 1 amide bonds. The van der Waals surface area contributed by atoms with Crippen molar-refractivity contribution in [2.75, 3.05) is 11.1 Å². The van der Waals surface area contributed by atoms with E-state index in [2.05, 4.69) is 53.1 Å². The largest absolute Gasteiger partial charge is 0.398 e. The van der Waals surface area contributed by atoms with E-state index in [0.29, 0.717) is 21.4 Å². The maximum Gasteiger partial charge on any atom is 0.256 e. The first kappa shape index (κ1) is 14.6. The number of nitrogens with one attached hydrogen (secondary N) is 1. The van der Waals surface area contributed by atoms with Crippen LogP contribution in [0.1, 0.15) is 10.4 Å². The van der Waals surface area contributed by atoms with E-state index >= 15 is 0 Å². The summed E-state index contributed by atoms with van der Waals surface area (Å²) in [4.78, 5) is 12.2. The van der Waals surface area contributed by atoms with Gasteiger partial charge in [0, 0.05) is 14.6 Å². The summed E-state index contributed by atoms with van der Waals surface area (Å²) >= 11 is 10.1. The Bertz CT molecular complexity index is 644. The third-order valence-corrected chi connectivity index (χ3v) is 4.49. The molecule has 19 heavy (non-hydrogen) atoms. The number of benzene rings is 2. The number of nitrogen functional groups attached to an aromatic ring is 1. The van der Waals surface area contributed by atoms with Crippen LogP contribution in [0.25, 0.3) is 0 Å². The van der Waals surface area contributed by atoms with Gasteiger partial charge in [0.05, 0.1) is 15.7 Å². The van der Waals surface area contributed by atoms with Crippen molar-refractivity contribution in [2.24, 2.45) is 0 Å². The molecular formula is C13H9Br3N2O. The van der Waals surface area contributed by atoms with Crippen LogP contribution in [-0.4, -0.2) is 5.91 Å². The summed E-state index contributed by atoms with van der Waals surface area (Å²) in [7, 11) is 0. The summed E-state index contributed by atoms with van der Waals surface area (Å²) in [6, 6.07) is 10.7. The number of nitrogens with two attached hydrogens (primary N) is 1. The Kier molecular flexibility index (Phi) is 4.65. The van der Waals surface area contributed by atoms with Crippen molar-refractivity contribution in [3.05, 3.63) is 55.4 Å². The number of amides is 1. The lowest BCUT2D eigenvalue weighted by Crippen LogP contribution is -2.13. The van der Waals surface area contributed by atoms with Crippen molar-refractivity contribution in [1.82, 2.24) is 0 Å². The van der Waals surface area contributed by atoms with Crippen LogP contribution in [0.15, 0.2) is 49.8 Å². The zero-order chi connectivity index (χ0) is 14.0. The normalized spacial score (nSPS) is 10.3. The summed E-state index contributed by atoms with van der Waals surface area (Å²) in [6.45, 7) is 0. The first-order valence-electron chi connectivity index (χ1n) is 5.29. The molecule has 0 aromatic heterocycles. The fourth-order valence-electron chi connectivity index (χ4n) is 1.51. The van der Waals surface area contributed by atoms with Gasteiger partial charge in [-0.05, 0) is 62.2 Å². The Morgan fingerprint density at radius 3 is 2.53 bits per heavy atom. The van der Waals surface area contributed by atoms with Crippen LogP contribution in [0, 0.1) is 0 Å². The highest BCUT2D eigenvalue weighted by Crippen LogP contribution is 2.28. The number of hydrogen-bond donors (Lipinski definition) is 2. The lowest BCUT2D eigenvalue weighted by molar-refractivity contribution is 0.102. The predicted molar refractivity (Wildman–Crippen MR) is 88.3 cm³/mol. The maximum absolute atomic E-state index is 12.2. The van der Waals surface area contributed by atoms with Gasteiger partial charge < -0.3 is 11.1 Å². The topological polar surface area (TPSA) is 55.1 Å². The molecule has 0 saturated carbocycles. The van der Waals surface area contributed by atoms with Gasteiger partial charge in [0.2, 0.25) is 0 Å². The molecule has 6 heteroatoms. The number of halogens is 3. The molecule has 0 aliphatic heterocycles. The molecule has 2 rings (SSSR count). The molecule has 0 bridgehead atoms. The molecule has 0 unspecified atom stereocenters. The number of rotatable bonds is 2. The fraction of sp³-hybridized carbons (Fsp3) is 0. The van der Waals surface area contributed by atoms with Crippen LogP contribution in [0.3, 0.4) is 0 Å². The highest BCUT2D eigenvalue weighted by molar-refractivity contribution is 9.11. The summed E-state index contributed by atoms with van der Waals surface area (Å²) in [5.74, 6) is -0.220. The molecule has 0 aliphatic carbocycles. The number of carbonyl (C=O) groups excluding carboxylic acids is 1. The van der Waals surface area contributed by atoms with Gasteiger partial charge in [0.15, 0.2) is 0 Å². The first-order valence-corrected chi connectivity index (χ1v) is 7.67. The monoisotopic (exact) mass is 446 g/mol. The zero-order valence-corrected chi connectivity index (χ0v) is 14.3. The van der Waals surface area contributed by atoms with Crippen molar-refractivity contribution >= 4 is 65.1 Å². The number of carbonyl (C=O) groups is 1. The van der Waals surface area contributed by atoms with E-state index in [1.54, 1.807) is 18.2 Å². The Morgan fingerprint density at radius 2 is 1.84 bits per heavy atom. The summed E-state index contributed by atoms with van der Waals surface area (Å²) in [5, 5.41) is 2.83. The van der Waals surface area contributed by atoms with E-state index in [0.717, 1.165) is 8.95 Å². The van der Waals surface area contributed by atoms with Crippen molar-refractivity contribution < 1.29 is 4.79 Å². The Hall–Kier alpha value is -0.850. The molecule has 2 aromatic carbocycles. The molecule has 0 heterocycles. The van der Waals surface area contributed by atoms with Gasteiger partial charge in [0.25, 0.3) is 5.91 Å². The molecule has 0 fully saturated rings. The quantitative estimate of drug-likeness (QED) is 0.648. The SMILES string of the molecule is Nc1cccc(C(=O)Nc2ccc(Br)cc2Br)c1Br. The van der Waals surface area contributed by atoms with Crippen LogP contribution >= 0.6 is 47.8 Å². The van der Waals surface area contributed by atoms with Gasteiger partial charge in [-0.15, -0.1) is 0 Å². The number of anilines is 2. The molecule has 3 nitrogen and oxygen atoms in total. The minimum Gasteiger partial charge on any atom is -0.398 e. The predicted octanol–water partition coefficient (Wildman–Crippen LogP) is 4.81. The average Bonchev–Trinajstić information content (AvgIpc) is 2.36. The highest BCUT2D eigenvalue weighted by Gasteiger charge is 2.13. The molecule has 0 radical (unpaired) electrons. The summed E-state index contributed by atoms with van der Waals surface area (Å²) in [5.41, 5.74) is 7.48. The van der Waals surface area contributed by atoms with Gasteiger partial charge in [-0.25, -0.2) is 0 Å². The molecule has 3 N–H and O–H groups in total. The van der Waals surface area contributed by atoms with Gasteiger partial charge in [-0.2, -0.15) is 0 Å². The molecule has 0 aliphatic rings. The number of hydrogen-bond acceptors (Lipinski definition) is 2. The van der Waals surface area contributed by atoms with Crippen molar-refractivity contribution in [2.45, 2.75) is 0 Å². The lowest BCUT2D eigenvalue weighted by Gasteiger charge is -2.10. The Balaban J connectivity index is 2.28. The lowest BCUT2D eigenvalue weighted by atomic mass is 10.2. The third kappa shape index (κ3) is 3.38. The van der Waals surface area contributed by atoms with Gasteiger partial charge in [0.1, 0.15) is 0 Å². The second-order valence-corrected chi connectivity index (χ2v) is 6.35. The third-order valence-electron chi connectivity index (χ3n) is 2.45. The van der Waals surface area contributed by atoms with Crippen molar-refractivity contribution in [3.8, 4) is 0 Å². The van der Waals surface area contributed by atoms with Crippen LogP contribution in [-0.2, 0) is 0 Å². The molecular weight excluding hydrogens is 440 g/mol. The maximum atomic E-state index is 12.2. The highest BCUT2D eigenvalue weighted by atomic mass is 79.9. The van der Waals surface area contributed by atoms with Crippen molar-refractivity contribution in [3.63, 3.8) is 0 Å². The van der Waals surface area contributed by atoms with Gasteiger partial charge in [-0.1, -0.05) is 22.0 Å². The molecule has 2 aromatic rings. The van der Waals surface area contributed by atoms with E-state index < -0.39 is 0 Å². The second kappa shape index (κ2) is 6.07. The van der Waals surface area contributed by atoms with Crippen molar-refractivity contribution in [1.29, 1.82) is 0 Å². The Morgan fingerprint density at radius 1 is 1.11 bits per heavy atom. The van der Waals surface area contributed by atoms with E-state index in [1.807, 2.05) is 18.2 Å². The van der Waals surface area contributed by atoms with Gasteiger partial charge in [-0.3, -0.25) is 4.79 Å². The Labute approximate surface area is 136 Å². The molecule has 98 valence electrons. The first-order chi connectivity index (χ1) is 8.99. The van der Waals surface area contributed by atoms with Gasteiger partial charge >= 0.3 is 0 Å². The molecule has 0 saturated heterocycles. The fourth-order valence-corrected chi connectivity index (χ4v) is 3.10. The van der Waals surface area contributed by atoms with Crippen LogP contribution in [0.4, 0.5) is 11.4 Å². The standard InChI is InChI=1S/C13H9Br3N2O/c14-7-4-5-11(9(15)6-7)18-13(19)8-2-1-3-10(17)12(8)16/h1-6H,17H2,(H,18,19). The van der Waals surface area contributed by atoms with Crippen LogP contribution in [0.5, 0.6) is 0 Å². The zero-order valence-electron chi connectivity index (χ0n) is 9.58. The van der Waals surface area contributed by atoms with E-state index in [4.69, 9.17) is 5.73 Å². The van der Waals surface area contributed by atoms with E-state index in [1.165, 1.54) is 0 Å². The summed E-state index contributed by atoms with van der Waals surface area (Å²) < 4.78 is 2.33. The van der Waals surface area contributed by atoms with E-state index in [9.17, 15) is 4.79 Å². The van der Waals surface area contributed by atoms with Crippen LogP contribution in [0.2, 0.25) is 0 Å². The minimum atomic E-state index is -0.220.